The molecule has 0 unspecified atom stereocenters. The number of pyridine rings is 4. The van der Waals surface area contributed by atoms with Gasteiger partial charge < -0.3 is 36.0 Å². The number of anilines is 3. The van der Waals surface area contributed by atoms with Crippen LogP contribution in [0.2, 0.25) is 0 Å². The van der Waals surface area contributed by atoms with Gasteiger partial charge in [0.15, 0.2) is 32.9 Å². The minimum atomic E-state index is 0. The van der Waals surface area contributed by atoms with E-state index in [1.807, 2.05) is 48.5 Å². The zero-order valence-corrected chi connectivity index (χ0v) is 57.1. The molecule has 12 aromatic heterocycles. The number of aromatic nitrogens is 17. The van der Waals surface area contributed by atoms with Gasteiger partial charge in [0.05, 0.1) is 28.6 Å². The second kappa shape index (κ2) is 29.1. The molecular formula is C68H90N24S3. The van der Waals surface area contributed by atoms with E-state index in [0.29, 0.717) is 30.0 Å². The average Bonchev–Trinajstić information content (AvgIpc) is 1.63. The molecule has 16 heterocycles. The highest BCUT2D eigenvalue weighted by Crippen LogP contribution is 2.38. The minimum absolute atomic E-state index is 0. The summed E-state index contributed by atoms with van der Waals surface area (Å²) in [5.41, 5.74) is 10.9. The summed E-state index contributed by atoms with van der Waals surface area (Å²) in [6.07, 6.45) is 12.8. The molecule has 24 nitrogen and oxygen atoms in total. The van der Waals surface area contributed by atoms with Crippen LogP contribution in [0.4, 0.5) is 16.1 Å². The van der Waals surface area contributed by atoms with Gasteiger partial charge in [-0.2, -0.15) is 25.5 Å². The first kappa shape index (κ1) is 63.7. The van der Waals surface area contributed by atoms with E-state index < -0.39 is 0 Å². The number of nitrogens with zero attached hydrogens (tertiary/aromatic N) is 16. The fourth-order valence-electron chi connectivity index (χ4n) is 13.3. The molecule has 17 rings (SSSR count). The lowest BCUT2D eigenvalue weighted by molar-refractivity contribution is 0.352. The molecule has 1 aromatic carbocycles. The first-order valence-corrected chi connectivity index (χ1v) is 35.8. The first-order valence-electron chi connectivity index (χ1n) is 33.2. The number of aromatic amines is 4. The third-order valence-corrected chi connectivity index (χ3v) is 20.7. The van der Waals surface area contributed by atoms with Crippen LogP contribution in [0.3, 0.4) is 0 Å². The summed E-state index contributed by atoms with van der Waals surface area (Å²) >= 11 is 5.18. The molecule has 0 spiro atoms. The summed E-state index contributed by atoms with van der Waals surface area (Å²) in [6.45, 7) is 25.7. The molecule has 2 atom stereocenters. The summed E-state index contributed by atoms with van der Waals surface area (Å²) in [6, 6.07) is 25.9. The Morgan fingerprint density at radius 3 is 1.54 bits per heavy atom. The molecule has 0 amide bonds. The van der Waals surface area contributed by atoms with E-state index in [0.717, 1.165) is 208 Å². The number of rotatable bonds is 12. The minimum Gasteiger partial charge on any atom is -0.353 e. The van der Waals surface area contributed by atoms with Crippen LogP contribution in [0, 0.1) is 25.7 Å². The quantitative estimate of drug-likeness (QED) is 0.0564. The Hall–Kier alpha value is -8.70. The molecule has 0 radical (unpaired) electrons. The van der Waals surface area contributed by atoms with Gasteiger partial charge >= 0.3 is 0 Å². The SMILES string of the molecule is CC(C)C[C@H]1CN(c2csc(-c3[nH]nc4ncccc34)n2)CCN1.Cc1sc(N2CCCNCC2)nc1-c1[nH]nc2ncccc12.Cc1sc(N2CCN[C@@H](CC(C)C)C2)nc1-c1[nH]nc2ncccc12.[HH].[HH].[HH].[HH].c1cnc2n[nH]c(-c3nn(C4CCNCC4)c4ccccc34)c2c1. The van der Waals surface area contributed by atoms with Gasteiger partial charge in [-0.15, -0.1) is 34.0 Å². The molecule has 500 valence electrons. The predicted octanol–water partition coefficient (Wildman–Crippen LogP) is 12.2. The van der Waals surface area contributed by atoms with Gasteiger partial charge in [0.25, 0.3) is 0 Å². The van der Waals surface area contributed by atoms with Crippen LogP contribution in [-0.4, -0.2) is 176 Å². The van der Waals surface area contributed by atoms with Gasteiger partial charge in [0.2, 0.25) is 0 Å². The Balaban J connectivity index is 0.000000141. The summed E-state index contributed by atoms with van der Waals surface area (Å²) in [5.74, 6) is 2.48. The summed E-state index contributed by atoms with van der Waals surface area (Å²) < 4.78 is 2.20. The Labute approximate surface area is 569 Å². The van der Waals surface area contributed by atoms with Crippen LogP contribution < -0.4 is 36.0 Å². The van der Waals surface area contributed by atoms with E-state index in [-0.39, 0.29) is 5.71 Å². The number of aryl methyl sites for hydroxylation is 2. The Morgan fingerprint density at radius 1 is 0.495 bits per heavy atom. The van der Waals surface area contributed by atoms with Crippen LogP contribution in [0.5, 0.6) is 0 Å². The van der Waals surface area contributed by atoms with Crippen LogP contribution in [0.25, 0.3) is 99.9 Å². The molecule has 0 aliphatic carbocycles. The molecule has 13 aromatic rings. The van der Waals surface area contributed by atoms with Gasteiger partial charge in [-0.1, -0.05) is 45.9 Å². The Kier molecular flexibility index (Phi) is 19.5. The van der Waals surface area contributed by atoms with Gasteiger partial charge in [0, 0.05) is 144 Å². The van der Waals surface area contributed by atoms with Gasteiger partial charge in [0.1, 0.15) is 33.6 Å². The molecule has 27 heteroatoms. The molecule has 4 aliphatic heterocycles. The largest absolute Gasteiger partial charge is 0.353 e. The van der Waals surface area contributed by atoms with E-state index in [4.69, 9.17) is 20.1 Å². The summed E-state index contributed by atoms with van der Waals surface area (Å²) in [7, 11) is 0. The van der Waals surface area contributed by atoms with Crippen molar-refractivity contribution in [1.29, 1.82) is 0 Å². The molecular weight excluding hydrogens is 1250 g/mol. The van der Waals surface area contributed by atoms with Crippen molar-refractivity contribution in [3.63, 3.8) is 0 Å². The van der Waals surface area contributed by atoms with Gasteiger partial charge in [-0.3, -0.25) is 25.1 Å². The van der Waals surface area contributed by atoms with Gasteiger partial charge in [-0.25, -0.2) is 34.9 Å². The molecule has 95 heavy (non-hydrogen) atoms. The smallest absolute Gasteiger partial charge is 0.186 e. The van der Waals surface area contributed by atoms with Crippen molar-refractivity contribution in [1.82, 2.24) is 107 Å². The van der Waals surface area contributed by atoms with E-state index >= 15 is 0 Å². The molecule has 8 N–H and O–H groups in total. The normalized spacial score (nSPS) is 17.4. The lowest BCUT2D eigenvalue weighted by atomic mass is 10.0. The number of piperidine rings is 1. The number of fused-ring (bicyclic) bond motifs is 5. The maximum Gasteiger partial charge on any atom is 0.186 e. The number of nitrogens with one attached hydrogen (secondary N) is 8. The van der Waals surface area contributed by atoms with Crippen LogP contribution in [0.15, 0.2) is 103 Å². The number of para-hydroxylation sites is 1. The van der Waals surface area contributed by atoms with Crippen molar-refractivity contribution < 1.29 is 5.71 Å². The lowest BCUT2D eigenvalue weighted by Gasteiger charge is -2.34. The van der Waals surface area contributed by atoms with Crippen molar-refractivity contribution in [2.75, 3.05) is 93.2 Å². The van der Waals surface area contributed by atoms with Crippen LogP contribution in [-0.2, 0) is 0 Å². The molecule has 0 bridgehead atoms. The van der Waals surface area contributed by atoms with E-state index in [9.17, 15) is 0 Å². The number of thiazole rings is 3. The number of hydrogen-bond donors (Lipinski definition) is 8. The monoisotopic (exact) mass is 1340 g/mol. The van der Waals surface area contributed by atoms with E-state index in [2.05, 4.69) is 173 Å². The second-order valence-electron chi connectivity index (χ2n) is 25.5. The zero-order chi connectivity index (χ0) is 64.8. The predicted molar refractivity (Wildman–Crippen MR) is 393 cm³/mol. The summed E-state index contributed by atoms with van der Waals surface area (Å²) in [5, 5.41) is 59.3. The second-order valence-corrected chi connectivity index (χ2v) is 28.8. The highest BCUT2D eigenvalue weighted by molar-refractivity contribution is 7.16. The lowest BCUT2D eigenvalue weighted by Crippen LogP contribution is -2.51. The number of piperazine rings is 2. The fraction of sp³-hybridized carbons (Fsp3) is 0.412. The molecule has 4 aliphatic rings. The highest BCUT2D eigenvalue weighted by Gasteiger charge is 2.28. The van der Waals surface area contributed by atoms with Crippen LogP contribution in [0.1, 0.15) is 81.3 Å². The Bertz CT molecular complexity index is 4670. The van der Waals surface area contributed by atoms with Crippen molar-refractivity contribution in [2.24, 2.45) is 11.8 Å². The number of benzene rings is 1. The average molecular weight is 1340 g/mol. The van der Waals surface area contributed by atoms with E-state index in [1.54, 1.807) is 58.8 Å². The third-order valence-electron chi connectivity index (χ3n) is 17.8. The number of hydrogen-bond acceptors (Lipinski definition) is 22. The topological polar surface area (TPSA) is 281 Å². The van der Waals surface area contributed by atoms with E-state index in [1.165, 1.54) is 28.1 Å². The Morgan fingerprint density at radius 2 is 0.968 bits per heavy atom. The molecule has 4 fully saturated rings. The van der Waals surface area contributed by atoms with Gasteiger partial charge in [-0.05, 0) is 132 Å². The zero-order valence-electron chi connectivity index (χ0n) is 54.6. The summed E-state index contributed by atoms with van der Waals surface area (Å²) in [4.78, 5) is 41.5. The van der Waals surface area contributed by atoms with Crippen molar-refractivity contribution in [3.05, 3.63) is 113 Å². The fourth-order valence-corrected chi connectivity index (χ4v) is 16.0. The van der Waals surface area contributed by atoms with Crippen molar-refractivity contribution in [2.45, 2.75) is 91.8 Å². The number of H-pyrrole nitrogens is 4. The molecule has 0 saturated carbocycles. The highest BCUT2D eigenvalue weighted by atomic mass is 32.1. The molecule has 4 saturated heterocycles. The van der Waals surface area contributed by atoms with Crippen LogP contribution >= 0.6 is 34.0 Å². The first-order chi connectivity index (χ1) is 46.6. The standard InChI is InChI=1S/C18H24N6S.C18H18N6.C17H22N6S.C15H18N6S.4H2/c1-11(2)9-13-10-24(8-7-19-13)18-21-15(12(3)25-18)16-14-5-4-6-20-17(14)23-22-16;1-2-6-15-13(4-1)17(23-24(15)12-7-10-19-11-8-12)16-14-5-3-9-20-18(14)22-21-16;1-11(2)8-12-9-23(7-6-18-12)14-10-24-17(20-14)15-13-4-3-5-19-16(13)22-21-15;1-10-12(13-11-4-2-6-17-14(11)20-19-13)18-15(22-10)21-8-3-5-16-7-9-21;;;;/h4-6,11,13,19H,7-10H2,1-3H3,(H,20,22,23);1-6,9,12,19H,7-8,10-11H2,(H,20,21,22);3-5,10-12,18H,6-9H2,1-2H3,(H,19,21,22);2,4,6,16H,3,5,7-9H2,1H3,(H,17,19,20);4*1H/t13-;;12-;;;;;/m0.0...../s1. The maximum atomic E-state index is 5.00. The van der Waals surface area contributed by atoms with Crippen molar-refractivity contribution in [3.8, 4) is 44.9 Å². The third kappa shape index (κ3) is 14.2. The van der Waals surface area contributed by atoms with Crippen molar-refractivity contribution >= 4 is 105 Å². The maximum absolute atomic E-state index is 5.00.